The molecule has 0 aliphatic carbocycles. The number of nitrogens with two attached hydrogens (primary N) is 2. The zero-order valence-electron chi connectivity index (χ0n) is 15.3. The van der Waals surface area contributed by atoms with Crippen molar-refractivity contribution >= 4 is 75.4 Å². The van der Waals surface area contributed by atoms with E-state index in [9.17, 15) is 0 Å². The predicted molar refractivity (Wildman–Crippen MR) is 131 cm³/mol. The molecule has 0 saturated heterocycles. The van der Waals surface area contributed by atoms with Crippen molar-refractivity contribution in [3.63, 3.8) is 0 Å². The van der Waals surface area contributed by atoms with Gasteiger partial charge in [-0.15, -0.1) is 0 Å². The van der Waals surface area contributed by atoms with Crippen LogP contribution in [0.5, 0.6) is 11.5 Å². The lowest BCUT2D eigenvalue weighted by Crippen LogP contribution is -2.11. The summed E-state index contributed by atoms with van der Waals surface area (Å²) in [5.74, 6) is 1.41. The van der Waals surface area contributed by atoms with Crippen LogP contribution >= 0.6 is 63.7 Å². The van der Waals surface area contributed by atoms with Crippen molar-refractivity contribution in [3.8, 4) is 11.5 Å². The number of hydrogen-bond acceptors (Lipinski definition) is 4. The molecule has 6 N–H and O–H groups in total. The molecule has 10 heteroatoms. The Morgan fingerprint density at radius 1 is 0.655 bits per heavy atom. The molecule has 0 aromatic heterocycles. The highest BCUT2D eigenvalue weighted by atomic mass is 79.9. The van der Waals surface area contributed by atoms with Gasteiger partial charge >= 0.3 is 0 Å². The maximum atomic E-state index is 7.51. The van der Waals surface area contributed by atoms with Gasteiger partial charge in [0.25, 0.3) is 0 Å². The van der Waals surface area contributed by atoms with Crippen molar-refractivity contribution in [2.24, 2.45) is 11.5 Å². The van der Waals surface area contributed by atoms with Gasteiger partial charge in [0.05, 0.1) is 31.1 Å². The first-order valence-electron chi connectivity index (χ1n) is 8.63. The van der Waals surface area contributed by atoms with Crippen molar-refractivity contribution in [2.75, 3.05) is 13.2 Å². The molecule has 29 heavy (non-hydrogen) atoms. The molecular weight excluding hydrogens is 636 g/mol. The van der Waals surface area contributed by atoms with Gasteiger partial charge in [0, 0.05) is 11.1 Å². The fraction of sp³-hybridized carbons (Fsp3) is 0.263. The minimum absolute atomic E-state index is 0.00663. The zero-order chi connectivity index (χ0) is 21.6. The summed E-state index contributed by atoms with van der Waals surface area (Å²) in [6.07, 6.45) is 2.70. The van der Waals surface area contributed by atoms with E-state index in [-0.39, 0.29) is 11.7 Å². The quantitative estimate of drug-likeness (QED) is 0.144. The number of nitrogens with one attached hydrogen (secondary N) is 2. The highest BCUT2D eigenvalue weighted by Crippen LogP contribution is 2.36. The molecule has 0 amide bonds. The van der Waals surface area contributed by atoms with Gasteiger partial charge in [-0.2, -0.15) is 0 Å². The second kappa shape index (κ2) is 11.3. The Morgan fingerprint density at radius 2 is 0.966 bits per heavy atom. The number of amidine groups is 2. The summed E-state index contributed by atoms with van der Waals surface area (Å²) in [6, 6.07) is 7.07. The summed E-state index contributed by atoms with van der Waals surface area (Å²) < 4.78 is 14.7. The molecular formula is C19H20Br4N4O2. The maximum Gasteiger partial charge on any atom is 0.147 e. The van der Waals surface area contributed by atoms with Crippen LogP contribution < -0.4 is 20.9 Å². The number of nitrogen functional groups attached to an aromatic ring is 2. The van der Waals surface area contributed by atoms with Gasteiger partial charge in [-0.1, -0.05) is 0 Å². The second-order valence-corrected chi connectivity index (χ2v) is 9.54. The molecule has 2 rings (SSSR count). The summed E-state index contributed by atoms with van der Waals surface area (Å²) in [6.45, 7) is 1.13. The average molecular weight is 656 g/mol. The van der Waals surface area contributed by atoms with Crippen molar-refractivity contribution < 1.29 is 9.47 Å². The predicted octanol–water partition coefficient (Wildman–Crippen LogP) is 5.93. The monoisotopic (exact) mass is 652 g/mol. The van der Waals surface area contributed by atoms with Crippen LogP contribution in [0.2, 0.25) is 0 Å². The fourth-order valence-corrected chi connectivity index (χ4v) is 5.27. The highest BCUT2D eigenvalue weighted by Gasteiger charge is 2.12. The first-order chi connectivity index (χ1) is 13.7. The first-order valence-corrected chi connectivity index (χ1v) is 11.8. The number of rotatable bonds is 10. The molecule has 0 heterocycles. The molecule has 0 aliphatic heterocycles. The van der Waals surface area contributed by atoms with E-state index in [1.165, 1.54) is 0 Å². The molecule has 0 radical (unpaired) electrons. The number of unbranched alkanes of at least 4 members (excludes halogenated alkanes) is 2. The minimum atomic E-state index is 0.00663. The molecule has 0 fully saturated rings. The van der Waals surface area contributed by atoms with Crippen LogP contribution in [0.25, 0.3) is 0 Å². The molecule has 0 atom stereocenters. The molecule has 156 valence electrons. The lowest BCUT2D eigenvalue weighted by Gasteiger charge is -2.13. The maximum absolute atomic E-state index is 7.51. The first kappa shape index (κ1) is 24.2. The Morgan fingerprint density at radius 3 is 1.24 bits per heavy atom. The van der Waals surface area contributed by atoms with Crippen LogP contribution in [0, 0.1) is 10.8 Å². The summed E-state index contributed by atoms with van der Waals surface area (Å²) in [7, 11) is 0. The van der Waals surface area contributed by atoms with Gasteiger partial charge in [0.1, 0.15) is 23.2 Å². The van der Waals surface area contributed by atoms with Gasteiger partial charge in [0.2, 0.25) is 0 Å². The van der Waals surface area contributed by atoms with Gasteiger partial charge < -0.3 is 20.9 Å². The Balaban J connectivity index is 1.76. The van der Waals surface area contributed by atoms with E-state index in [1.54, 1.807) is 24.3 Å². The lowest BCUT2D eigenvalue weighted by molar-refractivity contribution is 0.276. The van der Waals surface area contributed by atoms with Crippen LogP contribution in [-0.2, 0) is 0 Å². The Hall–Kier alpha value is -1.10. The minimum Gasteiger partial charge on any atom is -0.491 e. The van der Waals surface area contributed by atoms with E-state index < -0.39 is 0 Å². The summed E-state index contributed by atoms with van der Waals surface area (Å²) in [5, 5.41) is 15.0. The van der Waals surface area contributed by atoms with Crippen molar-refractivity contribution in [1.29, 1.82) is 10.8 Å². The topological polar surface area (TPSA) is 118 Å². The number of benzene rings is 2. The molecule has 0 saturated carbocycles. The van der Waals surface area contributed by atoms with Gasteiger partial charge in [0.15, 0.2) is 0 Å². The standard InChI is InChI=1S/C19H20Br4N4O2/c20-12-6-10(18(24)25)7-13(21)16(12)28-4-2-1-3-5-29-17-14(22)8-11(19(26)27)9-15(17)23/h6-9H,1-5H2,(H3,24,25)(H3,26,27). The van der Waals surface area contributed by atoms with Crippen molar-refractivity contribution in [1.82, 2.24) is 0 Å². The molecule has 2 aromatic carbocycles. The van der Waals surface area contributed by atoms with Crippen LogP contribution in [0.3, 0.4) is 0 Å². The van der Waals surface area contributed by atoms with Crippen molar-refractivity contribution in [3.05, 3.63) is 53.3 Å². The molecule has 0 spiro atoms. The van der Waals surface area contributed by atoms with E-state index in [4.69, 9.17) is 31.8 Å². The third-order valence-corrected chi connectivity index (χ3v) is 6.26. The molecule has 0 aliphatic rings. The third kappa shape index (κ3) is 6.97. The third-order valence-electron chi connectivity index (χ3n) is 3.90. The summed E-state index contributed by atoms with van der Waals surface area (Å²) >= 11 is 13.8. The SMILES string of the molecule is N=C(N)c1cc(Br)c(OCCCCCOc2c(Br)cc(C(=N)N)cc2Br)c(Br)c1. The van der Waals surface area contributed by atoms with E-state index in [2.05, 4.69) is 63.7 Å². The number of ether oxygens (including phenoxy) is 2. The van der Waals surface area contributed by atoms with E-state index in [0.717, 1.165) is 37.2 Å². The van der Waals surface area contributed by atoms with E-state index >= 15 is 0 Å². The largest absolute Gasteiger partial charge is 0.491 e. The lowest BCUT2D eigenvalue weighted by atomic mass is 10.2. The van der Waals surface area contributed by atoms with Crippen molar-refractivity contribution in [2.45, 2.75) is 19.3 Å². The molecule has 0 bridgehead atoms. The smallest absolute Gasteiger partial charge is 0.147 e. The molecule has 2 aromatic rings. The fourth-order valence-electron chi connectivity index (χ4n) is 2.44. The van der Waals surface area contributed by atoms with Crippen LogP contribution in [-0.4, -0.2) is 24.9 Å². The van der Waals surface area contributed by atoms with Crippen LogP contribution in [0.15, 0.2) is 42.2 Å². The van der Waals surface area contributed by atoms with Gasteiger partial charge in [-0.05, 0) is 107 Å². The second-order valence-electron chi connectivity index (χ2n) is 6.12. The van der Waals surface area contributed by atoms with Gasteiger partial charge in [-0.25, -0.2) is 0 Å². The summed E-state index contributed by atoms with van der Waals surface area (Å²) in [5.41, 5.74) is 12.3. The zero-order valence-corrected chi connectivity index (χ0v) is 21.7. The Bertz CT molecular complexity index is 802. The van der Waals surface area contributed by atoms with Crippen LogP contribution in [0.1, 0.15) is 30.4 Å². The Labute approximate surface area is 203 Å². The van der Waals surface area contributed by atoms with E-state index in [0.29, 0.717) is 35.8 Å². The van der Waals surface area contributed by atoms with Crippen LogP contribution in [0.4, 0.5) is 0 Å². The van der Waals surface area contributed by atoms with Gasteiger partial charge in [-0.3, -0.25) is 10.8 Å². The molecule has 0 unspecified atom stereocenters. The average Bonchev–Trinajstić information content (AvgIpc) is 2.63. The molecule has 6 nitrogen and oxygen atoms in total. The Kier molecular flexibility index (Phi) is 9.45. The summed E-state index contributed by atoms with van der Waals surface area (Å²) in [4.78, 5) is 0. The number of halogens is 4. The number of hydrogen-bond donors (Lipinski definition) is 4. The van der Waals surface area contributed by atoms with E-state index in [1.807, 2.05) is 0 Å². The highest BCUT2D eigenvalue weighted by molar-refractivity contribution is 9.11. The normalized spacial score (nSPS) is 10.6.